The Morgan fingerprint density at radius 2 is 1.57 bits per heavy atom. The molecule has 1 aliphatic rings. The molecule has 1 rings (SSSR count). The average molecular weight is 436 g/mol. The highest BCUT2D eigenvalue weighted by Gasteiger charge is 2.26. The standard InChI is InChI=1S/C21H41O5PS/c1-2-3-4-5-6-7-8-9-10-11-12-13-14-15-16-17-21-24-18-20(26-21)19-25-27(22,23)28/h8-9,20-21H,2-7,10-19H2,1H3,(H2,22,23,28)/p-1/b9-8+/t20-,21-/m0/s1. The zero-order valence-electron chi connectivity index (χ0n) is 17.6. The van der Waals surface area contributed by atoms with Gasteiger partial charge < -0.3 is 23.8 Å². The number of unbranched alkanes of at least 4 members (excludes halogenated alkanes) is 11. The van der Waals surface area contributed by atoms with Gasteiger partial charge in [0.15, 0.2) is 6.29 Å². The molecule has 0 aliphatic carbocycles. The summed E-state index contributed by atoms with van der Waals surface area (Å²) in [6, 6.07) is 0. The summed E-state index contributed by atoms with van der Waals surface area (Å²) >= 11 is 4.31. The Labute approximate surface area is 177 Å². The molecule has 0 aromatic carbocycles. The third-order valence-corrected chi connectivity index (χ3v) is 5.73. The van der Waals surface area contributed by atoms with Gasteiger partial charge in [-0.25, -0.2) is 0 Å². The maximum absolute atomic E-state index is 10.9. The molecule has 0 spiro atoms. The lowest BCUT2D eigenvalue weighted by molar-refractivity contribution is -0.203. The van der Waals surface area contributed by atoms with Crippen LogP contribution in [0, 0.1) is 0 Å². The number of hydrogen-bond acceptors (Lipinski definition) is 5. The fourth-order valence-electron chi connectivity index (χ4n) is 3.31. The molecule has 1 heterocycles. The molecule has 0 aromatic rings. The normalized spacial score (nSPS) is 22.1. The third kappa shape index (κ3) is 16.0. The van der Waals surface area contributed by atoms with Gasteiger partial charge >= 0.3 is 0 Å². The van der Waals surface area contributed by atoms with Crippen molar-refractivity contribution in [3.05, 3.63) is 12.2 Å². The SMILES string of the molecule is CCCCCCC/C=C/CCCCCCCC[C@H]1OC[C@@H](COP([O-])(O)=S)O1. The highest BCUT2D eigenvalue weighted by Crippen LogP contribution is 2.32. The van der Waals surface area contributed by atoms with Gasteiger partial charge in [-0.15, -0.1) is 0 Å². The van der Waals surface area contributed by atoms with Crippen LogP contribution in [0.25, 0.3) is 0 Å². The molecule has 1 fully saturated rings. The molecule has 0 bridgehead atoms. The van der Waals surface area contributed by atoms with E-state index in [-0.39, 0.29) is 19.0 Å². The molecule has 166 valence electrons. The second-order valence-electron chi connectivity index (χ2n) is 7.66. The lowest BCUT2D eigenvalue weighted by atomic mass is 10.1. The zero-order valence-corrected chi connectivity index (χ0v) is 19.3. The first kappa shape index (κ1) is 26.2. The third-order valence-electron chi connectivity index (χ3n) is 4.94. The van der Waals surface area contributed by atoms with Gasteiger partial charge in [0.05, 0.1) is 13.2 Å². The summed E-state index contributed by atoms with van der Waals surface area (Å²) in [5.74, 6) is 0. The van der Waals surface area contributed by atoms with Crippen LogP contribution in [0.5, 0.6) is 0 Å². The quantitative estimate of drug-likeness (QED) is 0.178. The van der Waals surface area contributed by atoms with E-state index in [1.165, 1.54) is 77.0 Å². The van der Waals surface area contributed by atoms with Gasteiger partial charge in [0.25, 0.3) is 0 Å². The van der Waals surface area contributed by atoms with Gasteiger partial charge in [-0.2, -0.15) is 0 Å². The van der Waals surface area contributed by atoms with Gasteiger partial charge in [-0.05, 0) is 38.5 Å². The highest BCUT2D eigenvalue weighted by molar-refractivity contribution is 8.06. The lowest BCUT2D eigenvalue weighted by Crippen LogP contribution is -2.20. The Hall–Kier alpha value is 0.190. The zero-order chi connectivity index (χ0) is 20.5. The van der Waals surface area contributed by atoms with E-state index in [9.17, 15) is 4.89 Å². The predicted octanol–water partition coefficient (Wildman–Crippen LogP) is 5.36. The second-order valence-corrected chi connectivity index (χ2v) is 10.2. The number of hydrogen-bond donors (Lipinski definition) is 1. The van der Waals surface area contributed by atoms with Gasteiger partial charge in [-0.3, -0.25) is 0 Å². The van der Waals surface area contributed by atoms with E-state index in [0.717, 1.165) is 12.8 Å². The Morgan fingerprint density at radius 1 is 1.00 bits per heavy atom. The Bertz CT molecular complexity index is 441. The minimum atomic E-state index is -3.85. The van der Waals surface area contributed by atoms with Crippen molar-refractivity contribution < 1.29 is 23.8 Å². The van der Waals surface area contributed by atoms with Crippen molar-refractivity contribution in [2.75, 3.05) is 13.2 Å². The lowest BCUT2D eigenvalue weighted by Gasteiger charge is -2.21. The molecule has 0 aromatic heterocycles. The first-order valence-electron chi connectivity index (χ1n) is 11.1. The molecule has 1 unspecified atom stereocenters. The van der Waals surface area contributed by atoms with Crippen molar-refractivity contribution >= 4 is 18.5 Å². The van der Waals surface area contributed by atoms with Crippen LogP contribution in [0.4, 0.5) is 0 Å². The smallest absolute Gasteiger partial charge is 0.158 e. The number of rotatable bonds is 18. The molecular weight excluding hydrogens is 395 g/mol. The topological polar surface area (TPSA) is 71.0 Å². The maximum atomic E-state index is 10.9. The van der Waals surface area contributed by atoms with E-state index in [0.29, 0.717) is 6.61 Å². The van der Waals surface area contributed by atoms with E-state index in [2.05, 4.69) is 30.9 Å². The van der Waals surface area contributed by atoms with Crippen molar-refractivity contribution in [3.63, 3.8) is 0 Å². The molecule has 0 radical (unpaired) electrons. The first-order chi connectivity index (χ1) is 13.5. The molecule has 3 atom stereocenters. The predicted molar refractivity (Wildman–Crippen MR) is 117 cm³/mol. The minimum Gasteiger partial charge on any atom is -0.780 e. The van der Waals surface area contributed by atoms with E-state index < -0.39 is 6.72 Å². The number of ether oxygens (including phenoxy) is 2. The van der Waals surface area contributed by atoms with Crippen molar-refractivity contribution in [2.24, 2.45) is 0 Å². The van der Waals surface area contributed by atoms with Crippen molar-refractivity contribution in [3.8, 4) is 0 Å². The van der Waals surface area contributed by atoms with Gasteiger partial charge in [0.1, 0.15) is 12.8 Å². The van der Waals surface area contributed by atoms with E-state index in [1.54, 1.807) is 0 Å². The summed E-state index contributed by atoms with van der Waals surface area (Å²) in [6.07, 6.45) is 21.7. The van der Waals surface area contributed by atoms with E-state index in [4.69, 9.17) is 18.9 Å². The van der Waals surface area contributed by atoms with Crippen LogP contribution in [0.2, 0.25) is 0 Å². The molecule has 0 amide bonds. The molecule has 7 heteroatoms. The fraction of sp³-hybridized carbons (Fsp3) is 0.905. The molecule has 1 aliphatic heterocycles. The Morgan fingerprint density at radius 3 is 2.18 bits per heavy atom. The summed E-state index contributed by atoms with van der Waals surface area (Å²) in [7, 11) is 0. The van der Waals surface area contributed by atoms with Crippen LogP contribution < -0.4 is 4.89 Å². The van der Waals surface area contributed by atoms with E-state index in [1.807, 2.05) is 0 Å². The van der Waals surface area contributed by atoms with Crippen LogP contribution in [0.15, 0.2) is 12.2 Å². The highest BCUT2D eigenvalue weighted by atomic mass is 32.5. The fourth-order valence-corrected chi connectivity index (χ4v) is 3.84. The van der Waals surface area contributed by atoms with Crippen LogP contribution in [0.1, 0.15) is 96.8 Å². The minimum absolute atomic E-state index is 0.0150. The van der Waals surface area contributed by atoms with Gasteiger partial charge in [0, 0.05) is 0 Å². The first-order valence-corrected chi connectivity index (χ1v) is 13.7. The van der Waals surface area contributed by atoms with Crippen molar-refractivity contribution in [2.45, 2.75) is 109 Å². The van der Waals surface area contributed by atoms with Crippen molar-refractivity contribution in [1.82, 2.24) is 0 Å². The second kappa shape index (κ2) is 16.9. The molecule has 0 saturated carbocycles. The van der Waals surface area contributed by atoms with Crippen molar-refractivity contribution in [1.29, 1.82) is 0 Å². The van der Waals surface area contributed by atoms with Crippen LogP contribution in [-0.2, 0) is 25.8 Å². The molecule has 1 N–H and O–H groups in total. The summed E-state index contributed by atoms with van der Waals surface area (Å²) in [5, 5.41) is 0. The monoisotopic (exact) mass is 435 g/mol. The average Bonchev–Trinajstić information content (AvgIpc) is 3.10. The molecule has 5 nitrogen and oxygen atoms in total. The van der Waals surface area contributed by atoms with Crippen LogP contribution >= 0.6 is 6.72 Å². The molecule has 1 saturated heterocycles. The van der Waals surface area contributed by atoms with E-state index >= 15 is 0 Å². The summed E-state index contributed by atoms with van der Waals surface area (Å²) in [4.78, 5) is 19.9. The molecule has 28 heavy (non-hydrogen) atoms. The summed E-state index contributed by atoms with van der Waals surface area (Å²) in [6.45, 7) is -1.18. The maximum Gasteiger partial charge on any atom is 0.158 e. The van der Waals surface area contributed by atoms with Gasteiger partial charge in [-0.1, -0.05) is 82.2 Å². The molecular formula is C21H40O5PS-. The number of allylic oxidation sites excluding steroid dienone is 2. The summed E-state index contributed by atoms with van der Waals surface area (Å²) < 4.78 is 15.9. The Kier molecular flexibility index (Phi) is 15.9. The van der Waals surface area contributed by atoms with Crippen LogP contribution in [-0.4, -0.2) is 30.5 Å². The summed E-state index contributed by atoms with van der Waals surface area (Å²) in [5.41, 5.74) is 0. The largest absolute Gasteiger partial charge is 0.780 e. The van der Waals surface area contributed by atoms with Crippen LogP contribution in [0.3, 0.4) is 0 Å². The Balaban J connectivity index is 1.83. The van der Waals surface area contributed by atoms with Gasteiger partial charge in [0.2, 0.25) is 0 Å².